The van der Waals surface area contributed by atoms with Crippen LogP contribution in [-0.4, -0.2) is 22.3 Å². The van der Waals surface area contributed by atoms with Crippen LogP contribution in [0.4, 0.5) is 0 Å². The first kappa shape index (κ1) is 10.3. The molecule has 0 aliphatic carbocycles. The Balaban J connectivity index is 4.61. The van der Waals surface area contributed by atoms with Crippen LogP contribution in [-0.2, 0) is 4.79 Å². The van der Waals surface area contributed by atoms with E-state index in [1.165, 1.54) is 0 Å². The maximum Gasteiger partial charge on any atom is 0.329 e. The lowest BCUT2D eigenvalue weighted by Crippen LogP contribution is -2.32. The van der Waals surface area contributed by atoms with Crippen molar-refractivity contribution in [1.82, 2.24) is 0 Å². The SMILES string of the molecule is CC(C)(C)[C@H](N=C=S)C(=O)O. The van der Waals surface area contributed by atoms with Crippen molar-refractivity contribution in [2.75, 3.05) is 0 Å². The minimum atomic E-state index is -0.963. The molecule has 1 N–H and O–H groups in total. The van der Waals surface area contributed by atoms with Gasteiger partial charge in [0.2, 0.25) is 0 Å². The van der Waals surface area contributed by atoms with Gasteiger partial charge in [-0.3, -0.25) is 0 Å². The number of aliphatic imine (C=N–C) groups is 1. The number of carbonyl (C=O) groups is 1. The van der Waals surface area contributed by atoms with Gasteiger partial charge in [0.15, 0.2) is 6.04 Å². The second-order valence-corrected chi connectivity index (χ2v) is 3.51. The van der Waals surface area contributed by atoms with Crippen LogP contribution in [0.25, 0.3) is 0 Å². The third-order valence-electron chi connectivity index (χ3n) is 1.24. The molecular formula is C7H11NO2S. The van der Waals surface area contributed by atoms with Gasteiger partial charge in [0.05, 0.1) is 5.16 Å². The third kappa shape index (κ3) is 3.25. The Bertz CT molecular complexity index is 199. The van der Waals surface area contributed by atoms with Crippen LogP contribution in [0, 0.1) is 5.41 Å². The minimum Gasteiger partial charge on any atom is -0.480 e. The monoisotopic (exact) mass is 173 g/mol. The number of nitrogens with zero attached hydrogens (tertiary/aromatic N) is 1. The van der Waals surface area contributed by atoms with Gasteiger partial charge in [-0.15, -0.1) is 0 Å². The Kier molecular flexibility index (Phi) is 3.36. The van der Waals surface area contributed by atoms with Crippen LogP contribution in [0.15, 0.2) is 4.99 Å². The first-order chi connectivity index (χ1) is 4.89. The van der Waals surface area contributed by atoms with Crippen LogP contribution in [0.5, 0.6) is 0 Å². The van der Waals surface area contributed by atoms with E-state index in [0.29, 0.717) is 0 Å². The van der Waals surface area contributed by atoms with Gasteiger partial charge in [0.25, 0.3) is 0 Å². The number of thiocarbonyl (C=S) groups is 1. The van der Waals surface area contributed by atoms with Crippen molar-refractivity contribution in [1.29, 1.82) is 0 Å². The second-order valence-electron chi connectivity index (χ2n) is 3.33. The van der Waals surface area contributed by atoms with Crippen LogP contribution in [0.3, 0.4) is 0 Å². The fourth-order valence-corrected chi connectivity index (χ4v) is 0.777. The fraction of sp³-hybridized carbons (Fsp3) is 0.714. The first-order valence-corrected chi connectivity index (χ1v) is 3.60. The smallest absolute Gasteiger partial charge is 0.329 e. The highest BCUT2D eigenvalue weighted by atomic mass is 32.1. The summed E-state index contributed by atoms with van der Waals surface area (Å²) in [6, 6.07) is -0.792. The molecule has 0 aliphatic heterocycles. The van der Waals surface area contributed by atoms with Crippen molar-refractivity contribution in [2.45, 2.75) is 26.8 Å². The van der Waals surface area contributed by atoms with Crippen LogP contribution in [0.1, 0.15) is 20.8 Å². The van der Waals surface area contributed by atoms with Gasteiger partial charge in [0, 0.05) is 0 Å². The Morgan fingerprint density at radius 3 is 2.18 bits per heavy atom. The van der Waals surface area contributed by atoms with E-state index in [1.807, 2.05) is 0 Å². The second kappa shape index (κ2) is 3.60. The summed E-state index contributed by atoms with van der Waals surface area (Å²) in [5.41, 5.74) is -0.405. The molecule has 62 valence electrons. The molecule has 0 amide bonds. The van der Waals surface area contributed by atoms with Gasteiger partial charge < -0.3 is 5.11 Å². The van der Waals surface area contributed by atoms with E-state index in [1.54, 1.807) is 20.8 Å². The van der Waals surface area contributed by atoms with Crippen molar-refractivity contribution in [2.24, 2.45) is 10.4 Å². The Labute approximate surface area is 71.1 Å². The molecule has 1 atom stereocenters. The van der Waals surface area contributed by atoms with Crippen LogP contribution >= 0.6 is 12.2 Å². The summed E-state index contributed by atoms with van der Waals surface area (Å²) >= 11 is 4.34. The molecular weight excluding hydrogens is 162 g/mol. The quantitative estimate of drug-likeness (QED) is 0.509. The number of carboxylic acids is 1. The topological polar surface area (TPSA) is 49.7 Å². The highest BCUT2D eigenvalue weighted by Crippen LogP contribution is 2.21. The third-order valence-corrected chi connectivity index (χ3v) is 1.34. The molecule has 0 rings (SSSR count). The molecule has 0 saturated heterocycles. The lowest BCUT2D eigenvalue weighted by molar-refractivity contribution is -0.140. The zero-order chi connectivity index (χ0) is 9.07. The number of hydrogen-bond acceptors (Lipinski definition) is 3. The Hall–Kier alpha value is -0.730. The van der Waals surface area contributed by atoms with Gasteiger partial charge in [0.1, 0.15) is 0 Å². The van der Waals surface area contributed by atoms with Crippen molar-refractivity contribution < 1.29 is 9.90 Å². The van der Waals surface area contributed by atoms with Crippen LogP contribution in [0.2, 0.25) is 0 Å². The zero-order valence-corrected chi connectivity index (χ0v) is 7.60. The van der Waals surface area contributed by atoms with E-state index in [9.17, 15) is 4.79 Å². The molecule has 0 fully saturated rings. The van der Waals surface area contributed by atoms with Crippen molar-refractivity contribution in [3.8, 4) is 0 Å². The summed E-state index contributed by atoms with van der Waals surface area (Å²) in [6.45, 7) is 5.38. The van der Waals surface area contributed by atoms with Gasteiger partial charge in [-0.25, -0.2) is 9.79 Å². The molecule has 0 radical (unpaired) electrons. The summed E-state index contributed by atoms with van der Waals surface area (Å²) in [4.78, 5) is 14.1. The predicted octanol–water partition coefficient (Wildman–Crippen LogP) is 1.59. The highest BCUT2D eigenvalue weighted by Gasteiger charge is 2.30. The summed E-state index contributed by atoms with van der Waals surface area (Å²) in [7, 11) is 0. The van der Waals surface area contributed by atoms with Gasteiger partial charge in [-0.1, -0.05) is 20.8 Å². The maximum atomic E-state index is 10.6. The van der Waals surface area contributed by atoms with E-state index < -0.39 is 17.4 Å². The number of aliphatic carboxylic acids is 1. The molecule has 0 aromatic heterocycles. The molecule has 0 saturated carbocycles. The van der Waals surface area contributed by atoms with E-state index in [-0.39, 0.29) is 0 Å². The largest absolute Gasteiger partial charge is 0.480 e. The molecule has 0 aromatic carbocycles. The van der Waals surface area contributed by atoms with Crippen molar-refractivity contribution >= 4 is 23.3 Å². The molecule has 4 heteroatoms. The first-order valence-electron chi connectivity index (χ1n) is 3.19. The number of isothiocyanates is 1. The van der Waals surface area contributed by atoms with E-state index >= 15 is 0 Å². The van der Waals surface area contributed by atoms with Gasteiger partial charge >= 0.3 is 5.97 Å². The van der Waals surface area contributed by atoms with E-state index in [4.69, 9.17) is 5.11 Å². The molecule has 0 heterocycles. The fourth-order valence-electron chi connectivity index (χ4n) is 0.672. The molecule has 0 aliphatic rings. The van der Waals surface area contributed by atoms with Gasteiger partial charge in [-0.2, -0.15) is 0 Å². The molecule has 11 heavy (non-hydrogen) atoms. The average Bonchev–Trinajstić information content (AvgIpc) is 1.79. The van der Waals surface area contributed by atoms with E-state index in [0.717, 1.165) is 0 Å². The minimum absolute atomic E-state index is 0.405. The maximum absolute atomic E-state index is 10.6. The Morgan fingerprint density at radius 1 is 1.64 bits per heavy atom. The molecule has 3 nitrogen and oxygen atoms in total. The van der Waals surface area contributed by atoms with Crippen LogP contribution < -0.4 is 0 Å². The number of carboxylic acid groups (broad SMARTS) is 1. The molecule has 0 unspecified atom stereocenters. The summed E-state index contributed by atoms with van der Waals surface area (Å²) in [6.07, 6.45) is 0. The zero-order valence-electron chi connectivity index (χ0n) is 6.79. The molecule has 0 aromatic rings. The lowest BCUT2D eigenvalue weighted by Gasteiger charge is -2.21. The van der Waals surface area contributed by atoms with E-state index in [2.05, 4.69) is 22.4 Å². The summed E-state index contributed by atoms with van der Waals surface area (Å²) in [5, 5.41) is 10.7. The Morgan fingerprint density at radius 2 is 2.09 bits per heavy atom. The lowest BCUT2D eigenvalue weighted by atomic mass is 9.87. The highest BCUT2D eigenvalue weighted by molar-refractivity contribution is 7.78. The summed E-state index contributed by atoms with van der Waals surface area (Å²) in [5.74, 6) is -0.963. The summed E-state index contributed by atoms with van der Waals surface area (Å²) < 4.78 is 0. The predicted molar refractivity (Wildman–Crippen MR) is 45.9 cm³/mol. The number of hydrogen-bond donors (Lipinski definition) is 1. The molecule has 0 spiro atoms. The average molecular weight is 173 g/mol. The van der Waals surface area contributed by atoms with Gasteiger partial charge in [-0.05, 0) is 17.6 Å². The standard InChI is InChI=1S/C7H11NO2S/c1-7(2,3)5(6(9)10)8-4-11/h5H,1-3H3,(H,9,10)/t5-/m1/s1. The molecule has 0 bridgehead atoms. The van der Waals surface area contributed by atoms with Crippen molar-refractivity contribution in [3.63, 3.8) is 0 Å². The number of rotatable bonds is 2. The normalized spacial score (nSPS) is 13.4. The van der Waals surface area contributed by atoms with Crippen molar-refractivity contribution in [3.05, 3.63) is 0 Å².